The predicted octanol–water partition coefficient (Wildman–Crippen LogP) is 3.29. The number of hydrogen-bond acceptors (Lipinski definition) is 6. The van der Waals surface area contributed by atoms with Crippen molar-refractivity contribution in [2.75, 3.05) is 6.61 Å². The van der Waals surface area contributed by atoms with E-state index in [1.165, 1.54) is 23.5 Å². The van der Waals surface area contributed by atoms with Gasteiger partial charge in [-0.25, -0.2) is 0 Å². The summed E-state index contributed by atoms with van der Waals surface area (Å²) in [6, 6.07) is 11.8. The molecule has 8 nitrogen and oxygen atoms in total. The summed E-state index contributed by atoms with van der Waals surface area (Å²) in [7, 11) is 0. The summed E-state index contributed by atoms with van der Waals surface area (Å²) < 4.78 is 13.9. The first kappa shape index (κ1) is 18.2. The van der Waals surface area contributed by atoms with Gasteiger partial charge in [0.2, 0.25) is 6.10 Å². The number of thiazole rings is 1. The first-order valence-electron chi connectivity index (χ1n) is 8.81. The lowest BCUT2D eigenvalue weighted by Crippen LogP contribution is -2.36. The Bertz CT molecular complexity index is 1130. The number of fused-ring (bicyclic) bond motifs is 2. The molecule has 28 heavy (non-hydrogen) atoms. The summed E-state index contributed by atoms with van der Waals surface area (Å²) in [4.78, 5) is 28.1. The molecule has 0 saturated carbocycles. The van der Waals surface area contributed by atoms with Gasteiger partial charge in [-0.1, -0.05) is 30.4 Å². The molecule has 1 aromatic heterocycles. The van der Waals surface area contributed by atoms with Crippen LogP contribution >= 0.6 is 11.3 Å². The Morgan fingerprint density at radius 3 is 2.86 bits per heavy atom. The molecule has 0 bridgehead atoms. The van der Waals surface area contributed by atoms with Gasteiger partial charge in [-0.05, 0) is 24.6 Å². The van der Waals surface area contributed by atoms with Crippen LogP contribution in [0.3, 0.4) is 0 Å². The van der Waals surface area contributed by atoms with E-state index >= 15 is 0 Å². The zero-order valence-corrected chi connectivity index (χ0v) is 15.8. The zero-order chi connectivity index (χ0) is 19.7. The van der Waals surface area contributed by atoms with Crippen LogP contribution < -0.4 is 14.3 Å². The molecule has 4 rings (SSSR count). The van der Waals surface area contributed by atoms with Crippen molar-refractivity contribution in [3.63, 3.8) is 0 Å². The monoisotopic (exact) mass is 399 g/mol. The van der Waals surface area contributed by atoms with Gasteiger partial charge in [0.05, 0.1) is 15.1 Å². The summed E-state index contributed by atoms with van der Waals surface area (Å²) in [5.74, 6) is 0.665. The number of aryl methyl sites for hydroxylation is 1. The molecule has 1 amide bonds. The number of hydrogen-bond donors (Lipinski definition) is 0. The van der Waals surface area contributed by atoms with E-state index in [0.717, 1.165) is 11.9 Å². The predicted molar refractivity (Wildman–Crippen MR) is 104 cm³/mol. The standard InChI is InChI=1S/C19H17N3O5S/c1-2-9-21-13-8-7-12(22(24)25)10-17(13)28-19(21)20-18(23)16-11-26-14-5-3-4-6-15(14)27-16/h3-8,10,16H,2,9,11H2,1H3. The fourth-order valence-corrected chi connectivity index (χ4v) is 4.10. The highest BCUT2D eigenvalue weighted by molar-refractivity contribution is 7.16. The number of rotatable bonds is 4. The highest BCUT2D eigenvalue weighted by Gasteiger charge is 2.27. The van der Waals surface area contributed by atoms with Gasteiger partial charge in [-0.15, -0.1) is 0 Å². The van der Waals surface area contributed by atoms with E-state index in [4.69, 9.17) is 9.47 Å². The molecule has 1 aliphatic heterocycles. The van der Waals surface area contributed by atoms with Gasteiger partial charge in [-0.2, -0.15) is 4.99 Å². The first-order valence-corrected chi connectivity index (χ1v) is 9.63. The number of nitrogens with zero attached hydrogens (tertiary/aromatic N) is 3. The number of amides is 1. The summed E-state index contributed by atoms with van der Waals surface area (Å²) in [5, 5.41) is 11.0. The smallest absolute Gasteiger partial charge is 0.292 e. The second kappa shape index (κ2) is 7.43. The lowest BCUT2D eigenvalue weighted by molar-refractivity contribution is -0.384. The average Bonchev–Trinajstić information content (AvgIpc) is 3.04. The lowest BCUT2D eigenvalue weighted by Gasteiger charge is -2.23. The van der Waals surface area contributed by atoms with Crippen molar-refractivity contribution in [2.45, 2.75) is 26.0 Å². The van der Waals surface area contributed by atoms with Gasteiger partial charge in [0.25, 0.3) is 11.6 Å². The van der Waals surface area contributed by atoms with Gasteiger partial charge in [0.1, 0.15) is 6.61 Å². The Hall–Kier alpha value is -3.20. The fraction of sp³-hybridized carbons (Fsp3) is 0.263. The topological polar surface area (TPSA) is 96.0 Å². The van der Waals surface area contributed by atoms with Crippen molar-refractivity contribution in [1.82, 2.24) is 4.57 Å². The van der Waals surface area contributed by atoms with Crippen LogP contribution in [0.5, 0.6) is 11.5 Å². The Morgan fingerprint density at radius 2 is 2.11 bits per heavy atom. The van der Waals surface area contributed by atoms with Crippen molar-refractivity contribution in [3.05, 3.63) is 57.4 Å². The molecule has 144 valence electrons. The third kappa shape index (κ3) is 3.36. The summed E-state index contributed by atoms with van der Waals surface area (Å²) in [6.45, 7) is 2.75. The Labute approximate surface area is 163 Å². The van der Waals surface area contributed by atoms with Crippen LogP contribution in [0.25, 0.3) is 10.2 Å². The lowest BCUT2D eigenvalue weighted by atomic mass is 10.2. The number of aromatic nitrogens is 1. The van der Waals surface area contributed by atoms with E-state index in [9.17, 15) is 14.9 Å². The summed E-state index contributed by atoms with van der Waals surface area (Å²) in [6.07, 6.45) is 0.00480. The molecule has 1 unspecified atom stereocenters. The van der Waals surface area contributed by atoms with Gasteiger partial charge in [0.15, 0.2) is 16.3 Å². The number of nitro benzene ring substituents is 1. The highest BCUT2D eigenvalue weighted by Crippen LogP contribution is 2.31. The number of benzene rings is 2. The maximum atomic E-state index is 12.7. The van der Waals surface area contributed by atoms with Crippen LogP contribution in [0.4, 0.5) is 5.69 Å². The van der Waals surface area contributed by atoms with Gasteiger partial charge < -0.3 is 14.0 Å². The molecule has 0 N–H and O–H groups in total. The number of para-hydroxylation sites is 2. The third-order valence-corrected chi connectivity index (χ3v) is 5.36. The van der Waals surface area contributed by atoms with Crippen LogP contribution in [-0.4, -0.2) is 28.1 Å². The minimum atomic E-state index is -0.829. The molecule has 9 heteroatoms. The number of carbonyl (C=O) groups excluding carboxylic acids is 1. The van der Waals surface area contributed by atoms with Crippen LogP contribution in [0.2, 0.25) is 0 Å². The number of ether oxygens (including phenoxy) is 2. The van der Waals surface area contributed by atoms with E-state index in [0.29, 0.717) is 27.5 Å². The fourth-order valence-electron chi connectivity index (χ4n) is 3.01. The first-order chi connectivity index (χ1) is 13.6. The molecule has 0 fully saturated rings. The molecule has 2 aromatic carbocycles. The van der Waals surface area contributed by atoms with E-state index in [1.54, 1.807) is 24.3 Å². The van der Waals surface area contributed by atoms with Gasteiger partial charge in [0, 0.05) is 18.7 Å². The second-order valence-corrected chi connectivity index (χ2v) is 7.27. The molecule has 0 saturated heterocycles. The quantitative estimate of drug-likeness (QED) is 0.495. The van der Waals surface area contributed by atoms with Gasteiger partial charge >= 0.3 is 0 Å². The van der Waals surface area contributed by atoms with Crippen LogP contribution in [0.1, 0.15) is 13.3 Å². The largest absolute Gasteiger partial charge is 0.485 e. The molecule has 0 aliphatic carbocycles. The Balaban J connectivity index is 1.71. The van der Waals surface area contributed by atoms with Crippen molar-refractivity contribution >= 4 is 33.1 Å². The number of non-ortho nitro benzene ring substituents is 1. The third-order valence-electron chi connectivity index (χ3n) is 4.31. The highest BCUT2D eigenvalue weighted by atomic mass is 32.1. The van der Waals surface area contributed by atoms with E-state index in [1.807, 2.05) is 17.6 Å². The van der Waals surface area contributed by atoms with Crippen LogP contribution in [0.15, 0.2) is 47.5 Å². The molecule has 2 heterocycles. The van der Waals surface area contributed by atoms with Crippen molar-refractivity contribution in [3.8, 4) is 11.5 Å². The second-order valence-electron chi connectivity index (χ2n) is 6.26. The minimum Gasteiger partial charge on any atom is -0.485 e. The molecule has 1 atom stereocenters. The molecular weight excluding hydrogens is 382 g/mol. The van der Waals surface area contributed by atoms with E-state index in [2.05, 4.69) is 4.99 Å². The van der Waals surface area contributed by atoms with Crippen molar-refractivity contribution in [1.29, 1.82) is 0 Å². The number of carbonyl (C=O) groups is 1. The van der Waals surface area contributed by atoms with Crippen molar-refractivity contribution in [2.24, 2.45) is 4.99 Å². The minimum absolute atomic E-state index is 0.0101. The maximum absolute atomic E-state index is 12.7. The average molecular weight is 399 g/mol. The summed E-state index contributed by atoms with van der Waals surface area (Å²) in [5.41, 5.74) is 0.825. The Morgan fingerprint density at radius 1 is 1.32 bits per heavy atom. The molecule has 0 radical (unpaired) electrons. The molecule has 3 aromatic rings. The number of nitro groups is 1. The zero-order valence-electron chi connectivity index (χ0n) is 15.0. The maximum Gasteiger partial charge on any atom is 0.292 e. The van der Waals surface area contributed by atoms with Gasteiger partial charge in [-0.3, -0.25) is 14.9 Å². The molecular formula is C19H17N3O5S. The molecule has 0 spiro atoms. The van der Waals surface area contributed by atoms with Crippen molar-refractivity contribution < 1.29 is 19.2 Å². The molecule has 1 aliphatic rings. The van der Waals surface area contributed by atoms with Crippen LogP contribution in [-0.2, 0) is 11.3 Å². The summed E-state index contributed by atoms with van der Waals surface area (Å²) >= 11 is 1.25. The van der Waals surface area contributed by atoms with Crippen LogP contribution in [0, 0.1) is 10.1 Å². The Kier molecular flexibility index (Phi) is 4.82. The normalized spacial score (nSPS) is 16.3. The van der Waals surface area contributed by atoms with E-state index in [-0.39, 0.29) is 12.3 Å². The SMILES string of the molecule is CCCn1c(=NC(=O)C2COc3ccccc3O2)sc2cc([N+](=O)[O-])ccc21. The van der Waals surface area contributed by atoms with E-state index < -0.39 is 16.9 Å².